The maximum Gasteiger partial charge on any atom is 0.325 e. The van der Waals surface area contributed by atoms with Gasteiger partial charge in [-0.1, -0.05) is 26.7 Å². The highest BCUT2D eigenvalue weighted by Gasteiger charge is 2.32. The van der Waals surface area contributed by atoms with Crippen LogP contribution in [-0.2, 0) is 18.7 Å². The van der Waals surface area contributed by atoms with Gasteiger partial charge >= 0.3 is 6.03 Å². The predicted octanol–water partition coefficient (Wildman–Crippen LogP) is 1.91. The molecule has 1 aliphatic rings. The largest absolute Gasteiger partial charge is 0.330 e. The summed E-state index contributed by atoms with van der Waals surface area (Å²) in [5, 5.41) is 8.91. The number of amides is 2. The molecule has 0 fully saturated rings. The number of nitrogens with zero attached hydrogens (tertiary/aromatic N) is 4. The molecule has 1 heterocycles. The standard InChI is InChI=1S/C13H24N4O3S2/c1-6-8-9-10(7-2)11-14-15-12(21(11)22(19)20)17(5)13(18)16(3)4/h10H,6-9H2,1-5H3. The molecule has 2 atom stereocenters. The summed E-state index contributed by atoms with van der Waals surface area (Å²) < 4.78 is 23.4. The number of hydrogen-bond donors (Lipinski definition) is 0. The van der Waals surface area contributed by atoms with Crippen LogP contribution in [0, 0.1) is 5.92 Å². The molecule has 0 saturated heterocycles. The molecule has 1 aliphatic heterocycles. The minimum atomic E-state index is -2.38. The van der Waals surface area contributed by atoms with Crippen LogP contribution in [-0.4, -0.2) is 55.6 Å². The third kappa shape index (κ3) is 4.16. The van der Waals surface area contributed by atoms with Crippen molar-refractivity contribution in [3.63, 3.8) is 0 Å². The maximum absolute atomic E-state index is 12.0. The highest BCUT2D eigenvalue weighted by molar-refractivity contribution is 8.49. The Labute approximate surface area is 135 Å². The first-order valence-corrected chi connectivity index (χ1v) is 10.1. The van der Waals surface area contributed by atoms with E-state index in [0.717, 1.165) is 25.7 Å². The molecule has 0 bridgehead atoms. The smallest absolute Gasteiger partial charge is 0.325 e. The maximum atomic E-state index is 12.0. The van der Waals surface area contributed by atoms with Gasteiger partial charge in [-0.2, -0.15) is 8.42 Å². The van der Waals surface area contributed by atoms with Gasteiger partial charge in [0.05, 0.1) is 9.45 Å². The molecule has 2 amide bonds. The van der Waals surface area contributed by atoms with Gasteiger partial charge in [-0.05, 0) is 12.8 Å². The molecule has 0 spiro atoms. The molecule has 2 unspecified atom stereocenters. The van der Waals surface area contributed by atoms with Gasteiger partial charge in [0.15, 0.2) is 0 Å². The van der Waals surface area contributed by atoms with E-state index in [1.54, 1.807) is 14.1 Å². The Bertz CT molecular complexity index is 615. The molecule has 0 aromatic heterocycles. The van der Waals surface area contributed by atoms with Gasteiger partial charge in [0, 0.05) is 27.1 Å². The minimum absolute atomic E-state index is 0.0882. The second-order valence-electron chi connectivity index (χ2n) is 5.28. The Hall–Kier alpha value is -1.22. The topological polar surface area (TPSA) is 82.4 Å². The van der Waals surface area contributed by atoms with E-state index in [1.165, 1.54) is 16.8 Å². The van der Waals surface area contributed by atoms with Gasteiger partial charge in [0.2, 0.25) is 5.17 Å². The highest BCUT2D eigenvalue weighted by Crippen LogP contribution is 2.22. The molecule has 0 radical (unpaired) electrons. The van der Waals surface area contributed by atoms with Crippen molar-refractivity contribution in [2.75, 3.05) is 21.1 Å². The summed E-state index contributed by atoms with van der Waals surface area (Å²) in [4.78, 5) is 14.7. The Morgan fingerprint density at radius 3 is 2.32 bits per heavy atom. The van der Waals surface area contributed by atoms with Crippen LogP contribution >= 0.6 is 0 Å². The molecular formula is C13H24N4O3S2. The lowest BCUT2D eigenvalue weighted by Crippen LogP contribution is -2.42. The van der Waals surface area contributed by atoms with Crippen LogP contribution in [0.4, 0.5) is 4.79 Å². The van der Waals surface area contributed by atoms with Crippen LogP contribution in [0.3, 0.4) is 0 Å². The number of hydrogen-bond acceptors (Lipinski definition) is 5. The third-order valence-corrected chi connectivity index (χ3v) is 6.96. The van der Waals surface area contributed by atoms with Gasteiger partial charge < -0.3 is 4.90 Å². The number of carbonyl (C=O) groups is 1. The number of unbranched alkanes of at least 4 members (excludes halogenated alkanes) is 1. The van der Waals surface area contributed by atoms with E-state index in [-0.39, 0.29) is 17.1 Å². The Morgan fingerprint density at radius 2 is 1.86 bits per heavy atom. The second-order valence-corrected chi connectivity index (χ2v) is 8.82. The highest BCUT2D eigenvalue weighted by atomic mass is 32.9. The van der Waals surface area contributed by atoms with E-state index in [1.807, 2.05) is 6.92 Å². The molecule has 0 aliphatic carbocycles. The van der Waals surface area contributed by atoms with Crippen molar-refractivity contribution >= 4 is 35.0 Å². The fraction of sp³-hybridized carbons (Fsp3) is 0.769. The molecule has 9 heteroatoms. The SMILES string of the molecule is CCCCC(CC)C1=NN=C(N(C)C(=O)N(C)C)S1=S(=O)=O. The molecular weight excluding hydrogens is 324 g/mol. The summed E-state index contributed by atoms with van der Waals surface area (Å²) in [6, 6.07) is -0.320. The summed E-state index contributed by atoms with van der Waals surface area (Å²) in [6.45, 7) is 4.12. The molecule has 22 heavy (non-hydrogen) atoms. The lowest BCUT2D eigenvalue weighted by atomic mass is 10.0. The van der Waals surface area contributed by atoms with Gasteiger partial charge in [-0.25, -0.2) is 4.79 Å². The quantitative estimate of drug-likeness (QED) is 0.761. The van der Waals surface area contributed by atoms with Gasteiger partial charge in [0.25, 0.3) is 9.26 Å². The zero-order valence-corrected chi connectivity index (χ0v) is 15.4. The van der Waals surface area contributed by atoms with Crippen molar-refractivity contribution in [1.29, 1.82) is 0 Å². The predicted molar refractivity (Wildman–Crippen MR) is 91.3 cm³/mol. The number of rotatable bonds is 5. The van der Waals surface area contributed by atoms with Gasteiger partial charge in [-0.3, -0.25) is 4.90 Å². The van der Waals surface area contributed by atoms with Crippen molar-refractivity contribution in [3.8, 4) is 0 Å². The third-order valence-electron chi connectivity index (χ3n) is 3.43. The van der Waals surface area contributed by atoms with E-state index >= 15 is 0 Å². The zero-order valence-electron chi connectivity index (χ0n) is 13.7. The van der Waals surface area contributed by atoms with Gasteiger partial charge in [0.1, 0.15) is 5.04 Å². The van der Waals surface area contributed by atoms with Crippen molar-refractivity contribution in [3.05, 3.63) is 0 Å². The average molecular weight is 348 g/mol. The lowest BCUT2D eigenvalue weighted by molar-refractivity contribution is 0.201. The number of amidine groups is 1. The lowest BCUT2D eigenvalue weighted by Gasteiger charge is -2.22. The van der Waals surface area contributed by atoms with Crippen LogP contribution in [0.25, 0.3) is 0 Å². The van der Waals surface area contributed by atoms with Gasteiger partial charge in [-0.15, -0.1) is 10.2 Å². The van der Waals surface area contributed by atoms with Crippen LogP contribution in [0.2, 0.25) is 0 Å². The zero-order chi connectivity index (χ0) is 16.9. The fourth-order valence-electron chi connectivity index (χ4n) is 2.15. The monoisotopic (exact) mass is 348 g/mol. The van der Waals surface area contributed by atoms with E-state index in [2.05, 4.69) is 17.1 Å². The first-order chi connectivity index (χ1) is 10.3. The van der Waals surface area contributed by atoms with Crippen LogP contribution in [0.5, 0.6) is 0 Å². The van der Waals surface area contributed by atoms with Crippen LogP contribution in [0.15, 0.2) is 10.2 Å². The number of urea groups is 1. The summed E-state index contributed by atoms with van der Waals surface area (Å²) in [7, 11) is 1.11. The number of carbonyl (C=O) groups excluding carboxylic acids is 1. The van der Waals surface area contributed by atoms with Crippen molar-refractivity contribution in [1.82, 2.24) is 9.80 Å². The Morgan fingerprint density at radius 1 is 1.23 bits per heavy atom. The van der Waals surface area contributed by atoms with Crippen molar-refractivity contribution in [2.45, 2.75) is 39.5 Å². The molecule has 126 valence electrons. The van der Waals surface area contributed by atoms with Crippen molar-refractivity contribution < 1.29 is 13.2 Å². The molecule has 0 aromatic rings. The molecule has 7 nitrogen and oxygen atoms in total. The molecule has 0 aromatic carbocycles. The first kappa shape index (κ1) is 18.8. The van der Waals surface area contributed by atoms with E-state index in [9.17, 15) is 13.2 Å². The van der Waals surface area contributed by atoms with Crippen LogP contribution in [0.1, 0.15) is 39.5 Å². The fourth-order valence-corrected chi connectivity index (χ4v) is 5.47. The van der Waals surface area contributed by atoms with E-state index in [0.29, 0.717) is 5.04 Å². The van der Waals surface area contributed by atoms with Crippen molar-refractivity contribution in [2.24, 2.45) is 16.1 Å². The van der Waals surface area contributed by atoms with E-state index < -0.39 is 18.7 Å². The minimum Gasteiger partial charge on any atom is -0.330 e. The normalized spacial score (nSPS) is 18.5. The molecule has 0 N–H and O–H groups in total. The second kappa shape index (κ2) is 8.42. The Balaban J connectivity index is 3.11. The molecule has 1 rings (SSSR count). The summed E-state index contributed by atoms with van der Waals surface area (Å²) in [6.07, 6.45) is 3.77. The first-order valence-electron chi connectivity index (χ1n) is 7.29. The Kier molecular flexibility index (Phi) is 7.21. The summed E-state index contributed by atoms with van der Waals surface area (Å²) in [5.74, 6) is 0.0882. The van der Waals surface area contributed by atoms with E-state index in [4.69, 9.17) is 0 Å². The molecule has 0 saturated carbocycles. The summed E-state index contributed by atoms with van der Waals surface area (Å²) in [5.41, 5.74) is 0. The summed E-state index contributed by atoms with van der Waals surface area (Å²) >= 11 is 0. The average Bonchev–Trinajstić information content (AvgIpc) is 2.91. The van der Waals surface area contributed by atoms with Crippen LogP contribution < -0.4 is 0 Å².